The minimum Gasteiger partial charge on any atom is -0.466 e. The van der Waals surface area contributed by atoms with Crippen molar-refractivity contribution in [3.8, 4) is 0 Å². The summed E-state index contributed by atoms with van der Waals surface area (Å²) in [5.41, 5.74) is 4.00. The molecule has 4 N–H and O–H groups in total. The summed E-state index contributed by atoms with van der Waals surface area (Å²) in [5, 5.41) is 21.4. The van der Waals surface area contributed by atoms with Crippen molar-refractivity contribution in [3.63, 3.8) is 0 Å². The van der Waals surface area contributed by atoms with Crippen molar-refractivity contribution >= 4 is 46.0 Å². The van der Waals surface area contributed by atoms with E-state index < -0.39 is 48.1 Å². The van der Waals surface area contributed by atoms with Gasteiger partial charge in [0.15, 0.2) is 0 Å². The fraction of sp³-hybridized carbons (Fsp3) is 0.395. The highest BCUT2D eigenvalue weighted by Gasteiger charge is 2.32. The second-order valence-corrected chi connectivity index (χ2v) is 13.5. The van der Waals surface area contributed by atoms with Crippen LogP contribution in [0.15, 0.2) is 78.3 Å². The molecule has 0 radical (unpaired) electrons. The number of aliphatic hydroxyl groups excluding tert-OH is 1. The van der Waals surface area contributed by atoms with E-state index in [1.54, 1.807) is 12.4 Å². The molecule has 266 valence electrons. The summed E-state index contributed by atoms with van der Waals surface area (Å²) in [6.45, 7) is 7.56. The molecule has 0 fully saturated rings. The van der Waals surface area contributed by atoms with E-state index in [1.165, 1.54) is 11.3 Å². The minimum absolute atomic E-state index is 0.0102. The van der Waals surface area contributed by atoms with E-state index in [0.717, 1.165) is 32.5 Å². The van der Waals surface area contributed by atoms with Crippen LogP contribution < -0.4 is 16.0 Å². The highest BCUT2D eigenvalue weighted by molar-refractivity contribution is 7.09. The molecule has 0 saturated carbocycles. The van der Waals surface area contributed by atoms with E-state index in [2.05, 4.69) is 20.9 Å². The van der Waals surface area contributed by atoms with Gasteiger partial charge in [0, 0.05) is 17.7 Å². The quantitative estimate of drug-likeness (QED) is 0.112. The minimum atomic E-state index is -1.21. The molecule has 4 rings (SSSR count). The van der Waals surface area contributed by atoms with Gasteiger partial charge in [-0.05, 0) is 48.1 Å². The van der Waals surface area contributed by atoms with Gasteiger partial charge in [-0.2, -0.15) is 0 Å². The standard InChI is InChI=1S/C38H46N4O7S/c1-5-48-35(44)21-33(43)30(18-24(2)3)40-37(46)32(20-34-25(4)39-23-50-34)41-36(45)31(42-38(47)49-22-26-12-7-6-8-13-26)19-28-16-11-15-27-14-9-10-17-29(27)28/h6-17,23-24,30-33,43H,5,18-22H2,1-4H3,(H,40,46)(H,41,45)(H,42,47)/t30?,31-,32-,33?/m0/s1. The van der Waals surface area contributed by atoms with E-state index in [-0.39, 0.29) is 38.4 Å². The number of nitrogens with one attached hydrogen (secondary N) is 3. The zero-order valence-corrected chi connectivity index (χ0v) is 29.7. The first-order valence-corrected chi connectivity index (χ1v) is 17.7. The van der Waals surface area contributed by atoms with Crippen molar-refractivity contribution in [2.45, 2.75) is 84.2 Å². The molecular weight excluding hydrogens is 657 g/mol. The maximum Gasteiger partial charge on any atom is 0.408 e. The van der Waals surface area contributed by atoms with Crippen molar-refractivity contribution in [2.75, 3.05) is 6.61 Å². The molecular formula is C38H46N4O7S. The molecule has 0 aliphatic heterocycles. The van der Waals surface area contributed by atoms with Crippen molar-refractivity contribution in [1.29, 1.82) is 0 Å². The highest BCUT2D eigenvalue weighted by Crippen LogP contribution is 2.21. The second-order valence-electron chi connectivity index (χ2n) is 12.5. The lowest BCUT2D eigenvalue weighted by atomic mass is 9.96. The molecule has 0 aliphatic carbocycles. The number of carbonyl (C=O) groups excluding carboxylic acids is 4. The number of carbonyl (C=O) groups is 4. The highest BCUT2D eigenvalue weighted by atomic mass is 32.1. The Labute approximate surface area is 296 Å². The summed E-state index contributed by atoms with van der Waals surface area (Å²) < 4.78 is 10.5. The van der Waals surface area contributed by atoms with E-state index in [1.807, 2.05) is 93.6 Å². The van der Waals surface area contributed by atoms with Gasteiger partial charge in [0.25, 0.3) is 0 Å². The number of hydrogen-bond acceptors (Lipinski definition) is 9. The molecule has 2 unspecified atom stereocenters. The van der Waals surface area contributed by atoms with Crippen LogP contribution in [-0.2, 0) is 43.3 Å². The molecule has 11 nitrogen and oxygen atoms in total. The van der Waals surface area contributed by atoms with Crippen molar-refractivity contribution in [3.05, 3.63) is 100 Å². The number of fused-ring (bicyclic) bond motifs is 1. The van der Waals surface area contributed by atoms with Crippen LogP contribution >= 0.6 is 11.3 Å². The zero-order valence-electron chi connectivity index (χ0n) is 28.9. The summed E-state index contributed by atoms with van der Waals surface area (Å²) in [7, 11) is 0. The normalized spacial score (nSPS) is 13.6. The third kappa shape index (κ3) is 11.4. The SMILES string of the molecule is CCOC(=O)CC(O)C(CC(C)C)NC(=O)[C@H](Cc1scnc1C)NC(=O)[C@H](Cc1cccc2ccccc12)NC(=O)OCc1ccccc1. The number of benzene rings is 3. The number of hydrogen-bond donors (Lipinski definition) is 4. The van der Waals surface area contributed by atoms with E-state index in [4.69, 9.17) is 9.47 Å². The van der Waals surface area contributed by atoms with Gasteiger partial charge in [0.1, 0.15) is 18.7 Å². The van der Waals surface area contributed by atoms with Crippen LogP contribution in [0, 0.1) is 12.8 Å². The molecule has 3 aromatic carbocycles. The molecule has 4 atom stereocenters. The number of esters is 1. The molecule has 4 aromatic rings. The number of aromatic nitrogens is 1. The Morgan fingerprint density at radius 3 is 2.22 bits per heavy atom. The van der Waals surface area contributed by atoms with E-state index >= 15 is 0 Å². The van der Waals surface area contributed by atoms with E-state index in [0.29, 0.717) is 6.42 Å². The Balaban J connectivity index is 1.59. The third-order valence-corrected chi connectivity index (χ3v) is 9.15. The summed E-state index contributed by atoms with van der Waals surface area (Å²) in [6, 6.07) is 19.7. The lowest BCUT2D eigenvalue weighted by Gasteiger charge is -2.28. The first-order valence-electron chi connectivity index (χ1n) is 16.8. The molecule has 1 heterocycles. The summed E-state index contributed by atoms with van der Waals surface area (Å²) >= 11 is 1.36. The molecule has 0 bridgehead atoms. The fourth-order valence-electron chi connectivity index (χ4n) is 5.63. The van der Waals surface area contributed by atoms with Gasteiger partial charge in [-0.1, -0.05) is 86.6 Å². The van der Waals surface area contributed by atoms with Gasteiger partial charge >= 0.3 is 12.1 Å². The third-order valence-electron chi connectivity index (χ3n) is 8.19. The first-order chi connectivity index (χ1) is 24.0. The number of ether oxygens (including phenoxy) is 2. The number of aliphatic hydroxyl groups is 1. The van der Waals surface area contributed by atoms with Crippen LogP contribution in [0.2, 0.25) is 0 Å². The van der Waals surface area contributed by atoms with Crippen LogP contribution in [0.4, 0.5) is 4.79 Å². The number of amides is 3. The number of nitrogens with zero attached hydrogens (tertiary/aromatic N) is 1. The van der Waals surface area contributed by atoms with E-state index in [9.17, 15) is 24.3 Å². The van der Waals surface area contributed by atoms with Crippen LogP contribution in [0.25, 0.3) is 10.8 Å². The van der Waals surface area contributed by atoms with Gasteiger partial charge < -0.3 is 30.5 Å². The predicted molar refractivity (Wildman–Crippen MR) is 192 cm³/mol. The summed E-state index contributed by atoms with van der Waals surface area (Å²) in [6.07, 6.45) is -1.66. The Hall–Kier alpha value is -4.81. The monoisotopic (exact) mass is 702 g/mol. The van der Waals surface area contributed by atoms with Crippen LogP contribution in [-0.4, -0.2) is 64.8 Å². The van der Waals surface area contributed by atoms with Crippen LogP contribution in [0.5, 0.6) is 0 Å². The van der Waals surface area contributed by atoms with Crippen molar-refractivity contribution in [1.82, 2.24) is 20.9 Å². The van der Waals surface area contributed by atoms with Crippen molar-refractivity contribution in [2.24, 2.45) is 5.92 Å². The molecule has 1 aromatic heterocycles. The van der Waals surface area contributed by atoms with Gasteiger partial charge in [-0.3, -0.25) is 14.4 Å². The van der Waals surface area contributed by atoms with Gasteiger partial charge in [-0.15, -0.1) is 11.3 Å². The molecule has 50 heavy (non-hydrogen) atoms. The average molecular weight is 703 g/mol. The predicted octanol–water partition coefficient (Wildman–Crippen LogP) is 5.01. The largest absolute Gasteiger partial charge is 0.466 e. The molecule has 12 heteroatoms. The maximum absolute atomic E-state index is 14.2. The first kappa shape index (κ1) is 38.0. The van der Waals surface area contributed by atoms with Crippen LogP contribution in [0.1, 0.15) is 55.3 Å². The fourth-order valence-corrected chi connectivity index (χ4v) is 6.46. The summed E-state index contributed by atoms with van der Waals surface area (Å²) in [4.78, 5) is 58.5. The van der Waals surface area contributed by atoms with Gasteiger partial charge in [-0.25, -0.2) is 9.78 Å². The summed E-state index contributed by atoms with van der Waals surface area (Å²) in [5.74, 6) is -1.64. The average Bonchev–Trinajstić information content (AvgIpc) is 3.50. The smallest absolute Gasteiger partial charge is 0.408 e. The number of rotatable bonds is 17. The van der Waals surface area contributed by atoms with Gasteiger partial charge in [0.2, 0.25) is 11.8 Å². The molecule has 3 amide bonds. The molecule has 0 spiro atoms. The number of thiazole rings is 1. The Morgan fingerprint density at radius 2 is 1.52 bits per heavy atom. The zero-order chi connectivity index (χ0) is 36.0. The lowest BCUT2D eigenvalue weighted by Crippen LogP contribution is -2.57. The maximum atomic E-state index is 14.2. The second kappa shape index (κ2) is 18.8. The Kier molecular flexibility index (Phi) is 14.3. The molecule has 0 saturated heterocycles. The molecule has 0 aliphatic rings. The topological polar surface area (TPSA) is 156 Å². The van der Waals surface area contributed by atoms with Gasteiger partial charge in [0.05, 0.1) is 36.4 Å². The lowest BCUT2D eigenvalue weighted by molar-refractivity contribution is -0.146. The van der Waals surface area contributed by atoms with Crippen molar-refractivity contribution < 1.29 is 33.8 Å². The number of alkyl carbamates (subject to hydrolysis) is 1. The Morgan fingerprint density at radius 1 is 0.840 bits per heavy atom. The van der Waals surface area contributed by atoms with Crippen LogP contribution in [0.3, 0.4) is 0 Å². The number of aryl methyl sites for hydroxylation is 1. The Bertz CT molecular complexity index is 1720.